The van der Waals surface area contributed by atoms with Gasteiger partial charge in [0.15, 0.2) is 0 Å². The molecule has 1 aromatic carbocycles. The van der Waals surface area contributed by atoms with Crippen LogP contribution in [-0.4, -0.2) is 30.6 Å². The molecule has 1 fully saturated rings. The summed E-state index contributed by atoms with van der Waals surface area (Å²) in [5.41, 5.74) is 1.64. The van der Waals surface area contributed by atoms with Crippen LogP contribution in [0, 0.1) is 11.7 Å². The van der Waals surface area contributed by atoms with Crippen LogP contribution in [0.15, 0.2) is 16.6 Å². The number of amides is 1. The van der Waals surface area contributed by atoms with E-state index in [4.69, 9.17) is 4.74 Å². The van der Waals surface area contributed by atoms with Gasteiger partial charge < -0.3 is 9.64 Å². The maximum absolute atomic E-state index is 13.9. The van der Waals surface area contributed by atoms with Gasteiger partial charge in [-0.05, 0) is 37.0 Å². The van der Waals surface area contributed by atoms with Gasteiger partial charge in [0.1, 0.15) is 5.82 Å². The normalized spacial score (nSPS) is 22.5. The van der Waals surface area contributed by atoms with Crippen molar-refractivity contribution in [2.24, 2.45) is 5.92 Å². The molecular formula is C15H17BrFNO2. The smallest absolute Gasteiger partial charge is 0.228 e. The largest absolute Gasteiger partial charge is 0.381 e. The van der Waals surface area contributed by atoms with Crippen molar-refractivity contribution in [3.8, 4) is 0 Å². The number of carbonyl (C=O) groups is 1. The van der Waals surface area contributed by atoms with Gasteiger partial charge in [0.25, 0.3) is 0 Å². The maximum Gasteiger partial charge on any atom is 0.228 e. The molecule has 1 saturated heterocycles. The second-order valence-electron chi connectivity index (χ2n) is 5.41. The van der Waals surface area contributed by atoms with Gasteiger partial charge in [-0.3, -0.25) is 4.79 Å². The second-order valence-corrected chi connectivity index (χ2v) is 6.26. The Bertz CT molecular complexity index is 529. The Balaban J connectivity index is 1.78. The van der Waals surface area contributed by atoms with Crippen molar-refractivity contribution < 1.29 is 13.9 Å². The van der Waals surface area contributed by atoms with Gasteiger partial charge in [0.2, 0.25) is 5.91 Å². The summed E-state index contributed by atoms with van der Waals surface area (Å²) in [5, 5.41) is 0. The Kier molecular flexibility index (Phi) is 4.08. The number of fused-ring (bicyclic) bond motifs is 1. The van der Waals surface area contributed by atoms with Crippen LogP contribution >= 0.6 is 15.9 Å². The lowest BCUT2D eigenvalue weighted by molar-refractivity contribution is -0.140. The molecule has 3 nitrogen and oxygen atoms in total. The molecular weight excluding hydrogens is 325 g/mol. The zero-order valence-electron chi connectivity index (χ0n) is 11.2. The SMILES string of the molecule is O=C([C@@H]1CCCOC1)N1CCc2c(Br)ccc(F)c2C1. The predicted molar refractivity (Wildman–Crippen MR) is 76.8 cm³/mol. The van der Waals surface area contributed by atoms with Crippen molar-refractivity contribution in [1.82, 2.24) is 4.90 Å². The van der Waals surface area contributed by atoms with Crippen LogP contribution in [0.2, 0.25) is 0 Å². The lowest BCUT2D eigenvalue weighted by atomic mass is 9.96. The Hall–Kier alpha value is -0.940. The summed E-state index contributed by atoms with van der Waals surface area (Å²) in [6, 6.07) is 3.20. The van der Waals surface area contributed by atoms with Gasteiger partial charge in [-0.1, -0.05) is 15.9 Å². The average molecular weight is 342 g/mol. The van der Waals surface area contributed by atoms with Gasteiger partial charge >= 0.3 is 0 Å². The topological polar surface area (TPSA) is 29.5 Å². The molecule has 0 aromatic heterocycles. The minimum absolute atomic E-state index is 0.0551. The summed E-state index contributed by atoms with van der Waals surface area (Å²) >= 11 is 3.46. The number of carbonyl (C=O) groups excluding carboxylic acids is 1. The van der Waals surface area contributed by atoms with E-state index in [1.165, 1.54) is 6.07 Å². The molecule has 3 rings (SSSR count). The highest BCUT2D eigenvalue weighted by molar-refractivity contribution is 9.10. The van der Waals surface area contributed by atoms with E-state index in [2.05, 4.69) is 15.9 Å². The molecule has 0 aliphatic carbocycles. The third-order valence-electron chi connectivity index (χ3n) is 4.12. The molecule has 5 heteroatoms. The molecule has 1 amide bonds. The third kappa shape index (κ3) is 2.61. The molecule has 0 bridgehead atoms. The number of ether oxygens (including phenoxy) is 1. The summed E-state index contributed by atoms with van der Waals surface area (Å²) in [7, 11) is 0. The van der Waals surface area contributed by atoms with E-state index in [0.717, 1.165) is 29.5 Å². The monoisotopic (exact) mass is 341 g/mol. The van der Waals surface area contributed by atoms with Gasteiger partial charge in [-0.15, -0.1) is 0 Å². The highest BCUT2D eigenvalue weighted by Gasteiger charge is 2.30. The van der Waals surface area contributed by atoms with Crippen molar-refractivity contribution >= 4 is 21.8 Å². The lowest BCUT2D eigenvalue weighted by Crippen LogP contribution is -2.42. The van der Waals surface area contributed by atoms with Gasteiger partial charge in [-0.25, -0.2) is 4.39 Å². The molecule has 2 heterocycles. The van der Waals surface area contributed by atoms with Crippen LogP contribution in [0.5, 0.6) is 0 Å². The highest BCUT2D eigenvalue weighted by atomic mass is 79.9. The number of halogens is 2. The number of benzene rings is 1. The Morgan fingerprint density at radius 1 is 1.40 bits per heavy atom. The summed E-state index contributed by atoms with van der Waals surface area (Å²) in [6.07, 6.45) is 2.51. The number of hydrogen-bond acceptors (Lipinski definition) is 2. The molecule has 2 aliphatic heterocycles. The minimum Gasteiger partial charge on any atom is -0.381 e. The minimum atomic E-state index is -0.222. The molecule has 2 aliphatic rings. The van der Waals surface area contributed by atoms with Crippen LogP contribution in [-0.2, 0) is 22.5 Å². The second kappa shape index (κ2) is 5.82. The molecule has 0 N–H and O–H groups in total. The summed E-state index contributed by atoms with van der Waals surface area (Å²) in [6.45, 7) is 2.28. The molecule has 1 atom stereocenters. The van der Waals surface area contributed by atoms with E-state index in [1.807, 2.05) is 0 Å². The lowest BCUT2D eigenvalue weighted by Gasteiger charge is -2.33. The first-order valence-electron chi connectivity index (χ1n) is 6.99. The van der Waals surface area contributed by atoms with Crippen molar-refractivity contribution in [3.63, 3.8) is 0 Å². The third-order valence-corrected chi connectivity index (χ3v) is 4.86. The molecule has 0 unspecified atom stereocenters. The first kappa shape index (κ1) is 14.0. The maximum atomic E-state index is 13.9. The van der Waals surface area contributed by atoms with Gasteiger partial charge in [0, 0.05) is 29.7 Å². The van der Waals surface area contributed by atoms with Crippen LogP contribution in [0.4, 0.5) is 4.39 Å². The van der Waals surface area contributed by atoms with Crippen molar-refractivity contribution in [2.45, 2.75) is 25.8 Å². The summed E-state index contributed by atoms with van der Waals surface area (Å²) in [5.74, 6) is -0.171. The Morgan fingerprint density at radius 2 is 2.25 bits per heavy atom. The van der Waals surface area contributed by atoms with Crippen molar-refractivity contribution in [2.75, 3.05) is 19.8 Å². The average Bonchev–Trinajstić information content (AvgIpc) is 2.51. The van der Waals surface area contributed by atoms with Crippen molar-refractivity contribution in [1.29, 1.82) is 0 Å². The molecule has 0 saturated carbocycles. The molecule has 0 radical (unpaired) electrons. The van der Waals surface area contributed by atoms with Crippen LogP contribution in [0.1, 0.15) is 24.0 Å². The van der Waals surface area contributed by atoms with E-state index >= 15 is 0 Å². The van der Waals surface area contributed by atoms with Crippen LogP contribution in [0.25, 0.3) is 0 Å². The summed E-state index contributed by atoms with van der Waals surface area (Å²) < 4.78 is 20.3. The quantitative estimate of drug-likeness (QED) is 0.786. The first-order chi connectivity index (χ1) is 9.66. The molecule has 1 aromatic rings. The highest BCUT2D eigenvalue weighted by Crippen LogP contribution is 2.30. The first-order valence-corrected chi connectivity index (χ1v) is 7.78. The van der Waals surface area contributed by atoms with Crippen LogP contribution in [0.3, 0.4) is 0 Å². The van der Waals surface area contributed by atoms with Gasteiger partial charge in [-0.2, -0.15) is 0 Å². The van der Waals surface area contributed by atoms with Gasteiger partial charge in [0.05, 0.1) is 12.5 Å². The Morgan fingerprint density at radius 3 is 3.00 bits per heavy atom. The number of rotatable bonds is 1. The van der Waals surface area contributed by atoms with E-state index in [0.29, 0.717) is 31.7 Å². The fourth-order valence-corrected chi connectivity index (χ4v) is 3.55. The van der Waals surface area contributed by atoms with E-state index in [-0.39, 0.29) is 17.6 Å². The fourth-order valence-electron chi connectivity index (χ4n) is 2.98. The van der Waals surface area contributed by atoms with E-state index in [9.17, 15) is 9.18 Å². The van der Waals surface area contributed by atoms with Crippen LogP contribution < -0.4 is 0 Å². The molecule has 20 heavy (non-hydrogen) atoms. The van der Waals surface area contributed by atoms with Crippen molar-refractivity contribution in [3.05, 3.63) is 33.5 Å². The number of nitrogens with zero attached hydrogens (tertiary/aromatic N) is 1. The fraction of sp³-hybridized carbons (Fsp3) is 0.533. The Labute approximate surface area is 126 Å². The number of hydrogen-bond donors (Lipinski definition) is 0. The molecule has 108 valence electrons. The predicted octanol–water partition coefficient (Wildman–Crippen LogP) is 2.90. The summed E-state index contributed by atoms with van der Waals surface area (Å²) in [4.78, 5) is 14.2. The van der Waals surface area contributed by atoms with E-state index in [1.54, 1.807) is 11.0 Å². The standard InChI is InChI=1S/C15H17BrFNO2/c16-13-3-4-14(17)12-8-18(6-5-11(12)13)15(19)10-2-1-7-20-9-10/h3-4,10H,1-2,5-9H2/t10-/m1/s1. The zero-order valence-corrected chi connectivity index (χ0v) is 12.8. The van der Waals surface area contributed by atoms with E-state index < -0.39 is 0 Å². The zero-order chi connectivity index (χ0) is 14.1. The molecule has 0 spiro atoms.